The fourth-order valence-corrected chi connectivity index (χ4v) is 2.26. The van der Waals surface area contributed by atoms with Crippen LogP contribution >= 0.6 is 46.4 Å². The lowest BCUT2D eigenvalue weighted by atomic mass is 10.0. The monoisotopic (exact) mass is 318 g/mol. The van der Waals surface area contributed by atoms with Gasteiger partial charge in [0.25, 0.3) is 0 Å². The average molecular weight is 320 g/mol. The number of benzene rings is 2. The highest BCUT2D eigenvalue weighted by atomic mass is 35.5. The Kier molecular flexibility index (Phi) is 4.18. The molecule has 0 N–H and O–H groups in total. The number of hydrogen-bond acceptors (Lipinski definition) is 1. The molecule has 18 heavy (non-hydrogen) atoms. The lowest BCUT2D eigenvalue weighted by Gasteiger charge is -2.07. The van der Waals surface area contributed by atoms with E-state index in [9.17, 15) is 4.79 Å². The van der Waals surface area contributed by atoms with Gasteiger partial charge in [-0.3, -0.25) is 4.79 Å². The van der Waals surface area contributed by atoms with Crippen molar-refractivity contribution >= 4 is 52.2 Å². The van der Waals surface area contributed by atoms with E-state index in [1.54, 1.807) is 30.3 Å². The molecule has 0 heterocycles. The van der Waals surface area contributed by atoms with Crippen molar-refractivity contribution in [2.75, 3.05) is 0 Å². The van der Waals surface area contributed by atoms with Crippen LogP contribution < -0.4 is 0 Å². The van der Waals surface area contributed by atoms with Crippen molar-refractivity contribution in [1.29, 1.82) is 0 Å². The van der Waals surface area contributed by atoms with Crippen LogP contribution in [-0.4, -0.2) is 5.78 Å². The molecule has 0 spiro atoms. The molecule has 0 saturated heterocycles. The van der Waals surface area contributed by atoms with Gasteiger partial charge in [0.1, 0.15) is 0 Å². The van der Waals surface area contributed by atoms with Gasteiger partial charge in [0.15, 0.2) is 5.78 Å². The molecular formula is C13H6Cl4O. The van der Waals surface area contributed by atoms with Crippen molar-refractivity contribution in [3.05, 3.63) is 67.6 Å². The smallest absolute Gasteiger partial charge is 0.196 e. The predicted molar refractivity (Wildman–Crippen MR) is 76.4 cm³/mol. The van der Waals surface area contributed by atoms with Crippen molar-refractivity contribution in [2.24, 2.45) is 0 Å². The molecule has 0 unspecified atom stereocenters. The van der Waals surface area contributed by atoms with E-state index < -0.39 is 0 Å². The molecule has 0 bridgehead atoms. The summed E-state index contributed by atoms with van der Waals surface area (Å²) in [6.45, 7) is 0. The zero-order valence-electron chi connectivity index (χ0n) is 8.88. The van der Waals surface area contributed by atoms with Crippen LogP contribution in [0.3, 0.4) is 0 Å². The summed E-state index contributed by atoms with van der Waals surface area (Å²) in [5.74, 6) is -0.310. The van der Waals surface area contributed by atoms with Crippen LogP contribution in [0.25, 0.3) is 0 Å². The number of rotatable bonds is 2. The largest absolute Gasteiger partial charge is 0.288 e. The maximum atomic E-state index is 12.3. The SMILES string of the molecule is O=C(c1cc(Cl)ccc1Cl)c1cccc(Cl)c1Cl. The van der Waals surface area contributed by atoms with E-state index in [4.69, 9.17) is 46.4 Å². The molecule has 0 amide bonds. The van der Waals surface area contributed by atoms with E-state index in [0.29, 0.717) is 26.2 Å². The second kappa shape index (κ2) is 5.50. The second-order valence-electron chi connectivity index (χ2n) is 3.55. The molecule has 1 nitrogen and oxygen atoms in total. The zero-order valence-corrected chi connectivity index (χ0v) is 11.9. The molecular weight excluding hydrogens is 314 g/mol. The van der Waals surface area contributed by atoms with Gasteiger partial charge in [-0.05, 0) is 30.3 Å². The molecule has 0 atom stereocenters. The van der Waals surface area contributed by atoms with Crippen LogP contribution in [0, 0.1) is 0 Å². The Labute approximate surface area is 124 Å². The molecule has 0 aromatic heterocycles. The summed E-state index contributed by atoms with van der Waals surface area (Å²) >= 11 is 23.7. The molecule has 2 aromatic rings. The van der Waals surface area contributed by atoms with E-state index in [1.807, 2.05) is 0 Å². The van der Waals surface area contributed by atoms with Crippen molar-refractivity contribution in [1.82, 2.24) is 0 Å². The first-order chi connectivity index (χ1) is 8.50. The van der Waals surface area contributed by atoms with E-state index >= 15 is 0 Å². The summed E-state index contributed by atoms with van der Waals surface area (Å²) in [6.07, 6.45) is 0. The normalized spacial score (nSPS) is 10.4. The third kappa shape index (κ3) is 2.65. The van der Waals surface area contributed by atoms with Crippen LogP contribution in [-0.2, 0) is 0 Å². The first-order valence-corrected chi connectivity index (χ1v) is 6.45. The van der Waals surface area contributed by atoms with Crippen LogP contribution in [0.4, 0.5) is 0 Å². The molecule has 0 radical (unpaired) electrons. The Morgan fingerprint density at radius 1 is 0.833 bits per heavy atom. The number of hydrogen-bond donors (Lipinski definition) is 0. The summed E-state index contributed by atoms with van der Waals surface area (Å²) in [6, 6.07) is 9.53. The minimum absolute atomic E-state index is 0.209. The van der Waals surface area contributed by atoms with Gasteiger partial charge in [-0.2, -0.15) is 0 Å². The molecule has 0 fully saturated rings. The number of ketones is 1. The van der Waals surface area contributed by atoms with Gasteiger partial charge in [-0.15, -0.1) is 0 Å². The first kappa shape index (κ1) is 13.7. The lowest BCUT2D eigenvalue weighted by molar-refractivity contribution is 0.103. The summed E-state index contributed by atoms with van der Waals surface area (Å²) in [5.41, 5.74) is 0.599. The molecule has 5 heteroatoms. The minimum Gasteiger partial charge on any atom is -0.288 e. The van der Waals surface area contributed by atoms with Gasteiger partial charge in [0.05, 0.1) is 15.1 Å². The molecule has 92 valence electrons. The Morgan fingerprint density at radius 3 is 2.28 bits per heavy atom. The summed E-state index contributed by atoms with van der Waals surface area (Å²) < 4.78 is 0. The Hall–Kier alpha value is -0.730. The van der Waals surface area contributed by atoms with Gasteiger partial charge < -0.3 is 0 Å². The molecule has 0 aliphatic heterocycles. The zero-order chi connectivity index (χ0) is 13.3. The Bertz CT molecular complexity index is 618. The molecule has 0 aliphatic rings. The third-order valence-corrected chi connectivity index (χ3v) is 3.75. The van der Waals surface area contributed by atoms with E-state index in [-0.39, 0.29) is 10.8 Å². The number of carbonyl (C=O) groups is 1. The van der Waals surface area contributed by atoms with E-state index in [0.717, 1.165) is 0 Å². The van der Waals surface area contributed by atoms with Crippen LogP contribution in [0.1, 0.15) is 15.9 Å². The van der Waals surface area contributed by atoms with Crippen molar-refractivity contribution in [3.63, 3.8) is 0 Å². The summed E-state index contributed by atoms with van der Waals surface area (Å²) in [5, 5.41) is 1.28. The maximum Gasteiger partial charge on any atom is 0.196 e. The summed E-state index contributed by atoms with van der Waals surface area (Å²) in [4.78, 5) is 12.3. The fraction of sp³-hybridized carbons (Fsp3) is 0. The quantitative estimate of drug-likeness (QED) is 0.665. The van der Waals surface area contributed by atoms with Crippen LogP contribution in [0.2, 0.25) is 20.1 Å². The second-order valence-corrected chi connectivity index (χ2v) is 5.18. The van der Waals surface area contributed by atoms with Crippen molar-refractivity contribution < 1.29 is 4.79 Å². The lowest BCUT2D eigenvalue weighted by Crippen LogP contribution is -2.03. The predicted octanol–water partition coefficient (Wildman–Crippen LogP) is 5.53. The maximum absolute atomic E-state index is 12.3. The van der Waals surface area contributed by atoms with E-state index in [2.05, 4.69) is 0 Å². The minimum atomic E-state index is -0.310. The Balaban J connectivity index is 2.55. The molecule has 0 aliphatic carbocycles. The molecule has 2 aromatic carbocycles. The van der Waals surface area contributed by atoms with Crippen molar-refractivity contribution in [3.8, 4) is 0 Å². The average Bonchev–Trinajstić information content (AvgIpc) is 2.35. The van der Waals surface area contributed by atoms with Gasteiger partial charge in [-0.25, -0.2) is 0 Å². The first-order valence-electron chi connectivity index (χ1n) is 4.94. The fourth-order valence-electron chi connectivity index (χ4n) is 1.50. The number of carbonyl (C=O) groups excluding carboxylic acids is 1. The topological polar surface area (TPSA) is 17.1 Å². The highest BCUT2D eigenvalue weighted by Crippen LogP contribution is 2.30. The van der Waals surface area contributed by atoms with Gasteiger partial charge >= 0.3 is 0 Å². The van der Waals surface area contributed by atoms with Crippen LogP contribution in [0.5, 0.6) is 0 Å². The summed E-state index contributed by atoms with van der Waals surface area (Å²) in [7, 11) is 0. The van der Waals surface area contributed by atoms with Gasteiger partial charge in [0, 0.05) is 16.1 Å². The highest BCUT2D eigenvalue weighted by Gasteiger charge is 2.17. The Morgan fingerprint density at radius 2 is 1.56 bits per heavy atom. The van der Waals surface area contributed by atoms with Crippen LogP contribution in [0.15, 0.2) is 36.4 Å². The molecule has 2 rings (SSSR count). The van der Waals surface area contributed by atoms with Crippen molar-refractivity contribution in [2.45, 2.75) is 0 Å². The van der Waals surface area contributed by atoms with E-state index in [1.165, 1.54) is 6.07 Å². The van der Waals surface area contributed by atoms with Gasteiger partial charge in [-0.1, -0.05) is 52.5 Å². The number of halogens is 4. The molecule has 0 saturated carbocycles. The van der Waals surface area contributed by atoms with Gasteiger partial charge in [0.2, 0.25) is 0 Å². The highest BCUT2D eigenvalue weighted by molar-refractivity contribution is 6.45. The standard InChI is InChI=1S/C13H6Cl4O/c14-7-4-5-10(15)9(6-7)13(18)8-2-1-3-11(16)12(8)17/h1-6H. The third-order valence-electron chi connectivity index (χ3n) is 2.37.